The smallest absolute Gasteiger partial charge is 0.330 e. The molecule has 2 rings (SSSR count). The van der Waals surface area contributed by atoms with Gasteiger partial charge in [0.25, 0.3) is 5.56 Å². The minimum absolute atomic E-state index is 0.265. The summed E-state index contributed by atoms with van der Waals surface area (Å²) < 4.78 is 6.38. The van der Waals surface area contributed by atoms with Crippen molar-refractivity contribution in [1.82, 2.24) is 9.55 Å². The predicted molar refractivity (Wildman–Crippen MR) is 67.0 cm³/mol. The minimum atomic E-state index is -1.37. The van der Waals surface area contributed by atoms with Gasteiger partial charge in [-0.15, -0.1) is 0 Å². The Hall–Kier alpha value is -1.52. The Balaban J connectivity index is 2.44. The SMILES string of the molecule is Cc1cn([C@@H]2O[C@@H](CO)[C@@H](O)[C@@H](O)[C@H]2N)c(=O)[nH]c1=O. The molecular weight excluding hydrogens is 270 g/mol. The number of nitrogens with one attached hydrogen (secondary N) is 1. The highest BCUT2D eigenvalue weighted by Gasteiger charge is 2.43. The summed E-state index contributed by atoms with van der Waals surface area (Å²) in [7, 11) is 0. The van der Waals surface area contributed by atoms with Gasteiger partial charge < -0.3 is 25.8 Å². The van der Waals surface area contributed by atoms with Gasteiger partial charge in [-0.05, 0) is 6.92 Å². The monoisotopic (exact) mass is 287 g/mol. The molecule has 9 nitrogen and oxygen atoms in total. The van der Waals surface area contributed by atoms with E-state index >= 15 is 0 Å². The average Bonchev–Trinajstić information content (AvgIpc) is 2.41. The van der Waals surface area contributed by atoms with Crippen molar-refractivity contribution in [2.75, 3.05) is 6.61 Å². The fraction of sp³-hybridized carbons (Fsp3) is 0.636. The Morgan fingerprint density at radius 3 is 2.65 bits per heavy atom. The van der Waals surface area contributed by atoms with Crippen molar-refractivity contribution in [1.29, 1.82) is 0 Å². The quantitative estimate of drug-likeness (QED) is 0.384. The first-order chi connectivity index (χ1) is 9.36. The molecule has 0 aromatic carbocycles. The molecule has 1 aromatic rings. The molecule has 0 amide bonds. The number of nitrogens with zero attached hydrogens (tertiary/aromatic N) is 1. The molecule has 0 unspecified atom stereocenters. The Bertz CT molecular complexity index is 595. The summed E-state index contributed by atoms with van der Waals surface area (Å²) in [6, 6.07) is -1.09. The number of aromatic amines is 1. The summed E-state index contributed by atoms with van der Waals surface area (Å²) in [5.74, 6) is 0. The summed E-state index contributed by atoms with van der Waals surface area (Å²) in [4.78, 5) is 25.2. The molecule has 0 bridgehead atoms. The highest BCUT2D eigenvalue weighted by molar-refractivity contribution is 5.03. The lowest BCUT2D eigenvalue weighted by atomic mass is 9.97. The Kier molecular flexibility index (Phi) is 4.06. The molecule has 112 valence electrons. The van der Waals surface area contributed by atoms with Crippen LogP contribution in [0.3, 0.4) is 0 Å². The summed E-state index contributed by atoms with van der Waals surface area (Å²) in [6.45, 7) is 0.955. The number of aryl methyl sites for hydroxylation is 1. The average molecular weight is 287 g/mol. The molecule has 1 fully saturated rings. The van der Waals surface area contributed by atoms with E-state index in [0.717, 1.165) is 4.57 Å². The minimum Gasteiger partial charge on any atom is -0.394 e. The van der Waals surface area contributed by atoms with Crippen molar-refractivity contribution in [2.45, 2.75) is 37.5 Å². The Labute approximate surface area is 113 Å². The maximum Gasteiger partial charge on any atom is 0.330 e. The lowest BCUT2D eigenvalue weighted by Crippen LogP contribution is -2.61. The zero-order chi connectivity index (χ0) is 15.0. The van der Waals surface area contributed by atoms with E-state index in [1.54, 1.807) is 0 Å². The molecule has 2 heterocycles. The van der Waals surface area contributed by atoms with Gasteiger partial charge in [-0.1, -0.05) is 0 Å². The van der Waals surface area contributed by atoms with E-state index in [4.69, 9.17) is 15.6 Å². The highest BCUT2D eigenvalue weighted by atomic mass is 16.5. The van der Waals surface area contributed by atoms with Crippen molar-refractivity contribution >= 4 is 0 Å². The molecule has 5 atom stereocenters. The number of hydrogen-bond acceptors (Lipinski definition) is 7. The van der Waals surface area contributed by atoms with Crippen LogP contribution in [-0.2, 0) is 4.74 Å². The molecule has 0 saturated carbocycles. The maximum absolute atomic E-state index is 11.8. The first-order valence-electron chi connectivity index (χ1n) is 6.07. The third-order valence-electron chi connectivity index (χ3n) is 3.37. The fourth-order valence-electron chi connectivity index (χ4n) is 2.14. The first-order valence-corrected chi connectivity index (χ1v) is 6.07. The van der Waals surface area contributed by atoms with Gasteiger partial charge in [0, 0.05) is 11.8 Å². The van der Waals surface area contributed by atoms with E-state index in [1.807, 2.05) is 0 Å². The Morgan fingerprint density at radius 2 is 2.05 bits per heavy atom. The van der Waals surface area contributed by atoms with Crippen molar-refractivity contribution in [3.63, 3.8) is 0 Å². The van der Waals surface area contributed by atoms with Gasteiger partial charge >= 0.3 is 5.69 Å². The molecule has 0 aliphatic carbocycles. The van der Waals surface area contributed by atoms with Gasteiger partial charge in [-0.2, -0.15) is 0 Å². The zero-order valence-electron chi connectivity index (χ0n) is 10.8. The number of ether oxygens (including phenoxy) is 1. The summed E-state index contributed by atoms with van der Waals surface area (Å²) in [5.41, 5.74) is 4.73. The third-order valence-corrected chi connectivity index (χ3v) is 3.37. The van der Waals surface area contributed by atoms with Gasteiger partial charge in [-0.25, -0.2) is 4.79 Å². The molecule has 1 aromatic heterocycles. The van der Waals surface area contributed by atoms with E-state index in [1.165, 1.54) is 13.1 Å². The lowest BCUT2D eigenvalue weighted by molar-refractivity contribution is -0.211. The molecular formula is C11H17N3O6. The van der Waals surface area contributed by atoms with Crippen molar-refractivity contribution < 1.29 is 20.1 Å². The van der Waals surface area contributed by atoms with Crippen molar-refractivity contribution in [3.8, 4) is 0 Å². The van der Waals surface area contributed by atoms with Crippen LogP contribution in [0.15, 0.2) is 15.8 Å². The topological polar surface area (TPSA) is 151 Å². The number of aliphatic hydroxyl groups is 3. The van der Waals surface area contributed by atoms with Crippen molar-refractivity contribution in [2.24, 2.45) is 5.73 Å². The lowest BCUT2D eigenvalue weighted by Gasteiger charge is -2.41. The zero-order valence-corrected chi connectivity index (χ0v) is 10.8. The van der Waals surface area contributed by atoms with Gasteiger partial charge in [0.1, 0.15) is 18.3 Å². The van der Waals surface area contributed by atoms with Crippen LogP contribution in [-0.4, -0.2) is 55.8 Å². The van der Waals surface area contributed by atoms with Crippen LogP contribution in [0.5, 0.6) is 0 Å². The maximum atomic E-state index is 11.8. The number of aliphatic hydroxyl groups excluding tert-OH is 3. The number of rotatable bonds is 2. The van der Waals surface area contributed by atoms with E-state index in [2.05, 4.69) is 4.98 Å². The second-order valence-electron chi connectivity index (χ2n) is 4.78. The number of nitrogens with two attached hydrogens (primary N) is 1. The van der Waals surface area contributed by atoms with Crippen LogP contribution >= 0.6 is 0 Å². The van der Waals surface area contributed by atoms with E-state index in [0.29, 0.717) is 0 Å². The molecule has 6 N–H and O–H groups in total. The molecule has 1 saturated heterocycles. The second kappa shape index (κ2) is 5.46. The fourth-order valence-corrected chi connectivity index (χ4v) is 2.14. The molecule has 1 aliphatic heterocycles. The van der Waals surface area contributed by atoms with Gasteiger partial charge in [-0.3, -0.25) is 14.3 Å². The second-order valence-corrected chi connectivity index (χ2v) is 4.78. The third kappa shape index (κ3) is 2.41. The van der Waals surface area contributed by atoms with Crippen LogP contribution in [0.4, 0.5) is 0 Å². The molecule has 0 radical (unpaired) electrons. The predicted octanol–water partition coefficient (Wildman–Crippen LogP) is -3.22. The van der Waals surface area contributed by atoms with Crippen LogP contribution in [0.2, 0.25) is 0 Å². The van der Waals surface area contributed by atoms with Gasteiger partial charge in [0.2, 0.25) is 0 Å². The summed E-state index contributed by atoms with van der Waals surface area (Å²) >= 11 is 0. The molecule has 0 spiro atoms. The van der Waals surface area contributed by atoms with Crippen LogP contribution in [0.25, 0.3) is 0 Å². The highest BCUT2D eigenvalue weighted by Crippen LogP contribution is 2.25. The normalized spacial score (nSPS) is 34.1. The number of aromatic nitrogens is 2. The standard InChI is InChI=1S/C11H17N3O6/c1-4-2-14(11(19)13-9(4)18)10-6(12)8(17)7(16)5(3-15)20-10/h2,5-8,10,15-17H,3,12H2,1H3,(H,13,18,19)/t5-,6+,7+,8-,10+/m0/s1. The number of H-pyrrole nitrogens is 1. The van der Waals surface area contributed by atoms with Gasteiger partial charge in [0.15, 0.2) is 6.23 Å². The first kappa shape index (κ1) is 14.9. The van der Waals surface area contributed by atoms with E-state index in [-0.39, 0.29) is 5.56 Å². The Morgan fingerprint density at radius 1 is 1.40 bits per heavy atom. The van der Waals surface area contributed by atoms with Crippen LogP contribution < -0.4 is 17.0 Å². The molecule has 20 heavy (non-hydrogen) atoms. The van der Waals surface area contributed by atoms with Crippen LogP contribution in [0.1, 0.15) is 11.8 Å². The molecule has 1 aliphatic rings. The van der Waals surface area contributed by atoms with Crippen LogP contribution in [0, 0.1) is 6.92 Å². The van der Waals surface area contributed by atoms with E-state index in [9.17, 15) is 19.8 Å². The summed E-state index contributed by atoms with van der Waals surface area (Å²) in [6.07, 6.45) is -3.65. The van der Waals surface area contributed by atoms with Gasteiger partial charge in [0.05, 0.1) is 12.6 Å². The van der Waals surface area contributed by atoms with E-state index < -0.39 is 48.4 Å². The summed E-state index contributed by atoms with van der Waals surface area (Å²) in [5, 5.41) is 28.6. The molecule has 9 heteroatoms. The van der Waals surface area contributed by atoms with Crippen molar-refractivity contribution in [3.05, 3.63) is 32.6 Å². The largest absolute Gasteiger partial charge is 0.394 e. The number of hydrogen-bond donors (Lipinski definition) is 5.